The zero-order valence-electron chi connectivity index (χ0n) is 8.23. The minimum atomic E-state index is -0.342. The van der Waals surface area contributed by atoms with E-state index in [4.69, 9.17) is 0 Å². The standard InChI is InChI=1S/C10H12N2O2.ClH/c13-12(14)9-4-5-10-8(7-9)3-1-2-6-11-10;/h4-5,7,11H,1-3,6H2;1H. The van der Waals surface area contributed by atoms with Crippen LogP contribution in [0.4, 0.5) is 11.4 Å². The Kier molecular flexibility index (Phi) is 3.91. The van der Waals surface area contributed by atoms with E-state index in [9.17, 15) is 10.1 Å². The summed E-state index contributed by atoms with van der Waals surface area (Å²) in [6.07, 6.45) is 3.16. The largest absolute Gasteiger partial charge is 0.385 e. The molecule has 1 aliphatic heterocycles. The number of halogens is 1. The van der Waals surface area contributed by atoms with Crippen molar-refractivity contribution in [3.05, 3.63) is 33.9 Å². The maximum atomic E-state index is 10.6. The summed E-state index contributed by atoms with van der Waals surface area (Å²) in [6, 6.07) is 5.03. The molecular weight excluding hydrogens is 216 g/mol. The summed E-state index contributed by atoms with van der Waals surface area (Å²) in [5.74, 6) is 0. The van der Waals surface area contributed by atoms with Gasteiger partial charge in [-0.3, -0.25) is 10.1 Å². The molecule has 0 fully saturated rings. The first-order valence-corrected chi connectivity index (χ1v) is 4.78. The third-order valence-electron chi connectivity index (χ3n) is 2.49. The molecule has 1 aromatic rings. The van der Waals surface area contributed by atoms with Crippen LogP contribution in [0.1, 0.15) is 18.4 Å². The molecule has 0 unspecified atom stereocenters. The number of hydrogen-bond acceptors (Lipinski definition) is 3. The lowest BCUT2D eigenvalue weighted by Gasteiger charge is -2.05. The second kappa shape index (κ2) is 4.98. The quantitative estimate of drug-likeness (QED) is 0.594. The highest BCUT2D eigenvalue weighted by atomic mass is 35.5. The van der Waals surface area contributed by atoms with Crippen molar-refractivity contribution >= 4 is 23.8 Å². The minimum Gasteiger partial charge on any atom is -0.385 e. The molecule has 0 saturated carbocycles. The molecule has 2 rings (SSSR count). The van der Waals surface area contributed by atoms with Crippen LogP contribution < -0.4 is 5.32 Å². The van der Waals surface area contributed by atoms with Gasteiger partial charge in [0.25, 0.3) is 5.69 Å². The molecule has 0 spiro atoms. The Hall–Kier alpha value is -1.29. The predicted octanol–water partition coefficient (Wildman–Crippen LogP) is 2.76. The van der Waals surface area contributed by atoms with Crippen molar-refractivity contribution in [2.75, 3.05) is 11.9 Å². The van der Waals surface area contributed by atoms with Gasteiger partial charge in [-0.2, -0.15) is 0 Å². The van der Waals surface area contributed by atoms with Gasteiger partial charge < -0.3 is 5.32 Å². The molecule has 15 heavy (non-hydrogen) atoms. The van der Waals surface area contributed by atoms with Gasteiger partial charge in [-0.25, -0.2) is 0 Å². The number of nitrogens with zero attached hydrogens (tertiary/aromatic N) is 1. The third-order valence-corrected chi connectivity index (χ3v) is 2.49. The first kappa shape index (κ1) is 11.8. The number of nitro groups is 1. The van der Waals surface area contributed by atoms with Crippen molar-refractivity contribution in [2.24, 2.45) is 0 Å². The van der Waals surface area contributed by atoms with Crippen LogP contribution in [0.25, 0.3) is 0 Å². The van der Waals surface area contributed by atoms with E-state index in [-0.39, 0.29) is 23.0 Å². The van der Waals surface area contributed by atoms with Gasteiger partial charge in [-0.15, -0.1) is 12.4 Å². The van der Waals surface area contributed by atoms with Crippen molar-refractivity contribution in [1.82, 2.24) is 0 Å². The Morgan fingerprint density at radius 3 is 2.87 bits per heavy atom. The SMILES string of the molecule is Cl.O=[N+]([O-])c1ccc2c(c1)CCCCN2. The second-order valence-corrected chi connectivity index (χ2v) is 3.48. The molecule has 1 aliphatic rings. The highest BCUT2D eigenvalue weighted by Gasteiger charge is 2.12. The zero-order chi connectivity index (χ0) is 9.97. The summed E-state index contributed by atoms with van der Waals surface area (Å²) in [6.45, 7) is 0.963. The van der Waals surface area contributed by atoms with E-state index >= 15 is 0 Å². The number of aryl methyl sites for hydroxylation is 1. The molecule has 4 nitrogen and oxygen atoms in total. The van der Waals surface area contributed by atoms with Crippen LogP contribution >= 0.6 is 12.4 Å². The normalized spacial score (nSPS) is 14.1. The highest BCUT2D eigenvalue weighted by Crippen LogP contribution is 2.25. The number of rotatable bonds is 1. The Bertz CT molecular complexity index is 368. The van der Waals surface area contributed by atoms with Crippen LogP contribution in [0, 0.1) is 10.1 Å². The number of non-ortho nitro benzene ring substituents is 1. The third kappa shape index (κ3) is 2.59. The first-order valence-electron chi connectivity index (χ1n) is 4.78. The molecule has 0 atom stereocenters. The molecule has 0 aromatic heterocycles. The fraction of sp³-hybridized carbons (Fsp3) is 0.400. The average Bonchev–Trinajstić information content (AvgIpc) is 2.41. The highest BCUT2D eigenvalue weighted by molar-refractivity contribution is 5.85. The van der Waals surface area contributed by atoms with Gasteiger partial charge in [0, 0.05) is 24.4 Å². The topological polar surface area (TPSA) is 55.2 Å². The van der Waals surface area contributed by atoms with Crippen LogP contribution in [0.5, 0.6) is 0 Å². The predicted molar refractivity (Wildman–Crippen MR) is 61.8 cm³/mol. The summed E-state index contributed by atoms with van der Waals surface area (Å²) in [7, 11) is 0. The lowest BCUT2D eigenvalue weighted by molar-refractivity contribution is -0.384. The van der Waals surface area contributed by atoms with Crippen LogP contribution in [0.15, 0.2) is 18.2 Å². The van der Waals surface area contributed by atoms with Gasteiger partial charge in [0.2, 0.25) is 0 Å². The number of nitro benzene ring substituents is 1. The van der Waals surface area contributed by atoms with Crippen LogP contribution in [-0.2, 0) is 6.42 Å². The lowest BCUT2D eigenvalue weighted by atomic mass is 10.1. The Morgan fingerprint density at radius 2 is 2.13 bits per heavy atom. The summed E-state index contributed by atoms with van der Waals surface area (Å²) in [5, 5.41) is 13.8. The molecule has 0 aliphatic carbocycles. The van der Waals surface area contributed by atoms with E-state index in [0.29, 0.717) is 0 Å². The molecule has 1 heterocycles. The van der Waals surface area contributed by atoms with E-state index in [1.165, 1.54) is 0 Å². The van der Waals surface area contributed by atoms with Gasteiger partial charge in [0.15, 0.2) is 0 Å². The van der Waals surface area contributed by atoms with E-state index in [0.717, 1.165) is 37.1 Å². The number of nitrogens with one attached hydrogen (secondary N) is 1. The summed E-state index contributed by atoms with van der Waals surface area (Å²) >= 11 is 0. The summed E-state index contributed by atoms with van der Waals surface area (Å²) in [5.41, 5.74) is 2.30. The Balaban J connectivity index is 0.00000112. The fourth-order valence-corrected chi connectivity index (χ4v) is 1.74. The van der Waals surface area contributed by atoms with Crippen LogP contribution in [0.2, 0.25) is 0 Å². The molecular formula is C10H13ClN2O2. The molecule has 0 bridgehead atoms. The molecule has 5 heteroatoms. The van der Waals surface area contributed by atoms with Crippen molar-refractivity contribution < 1.29 is 4.92 Å². The minimum absolute atomic E-state index is 0. The van der Waals surface area contributed by atoms with Crippen molar-refractivity contribution in [3.8, 4) is 0 Å². The molecule has 0 saturated heterocycles. The van der Waals surface area contributed by atoms with Gasteiger partial charge in [-0.1, -0.05) is 0 Å². The second-order valence-electron chi connectivity index (χ2n) is 3.48. The fourth-order valence-electron chi connectivity index (χ4n) is 1.74. The van der Waals surface area contributed by atoms with Gasteiger partial charge >= 0.3 is 0 Å². The molecule has 1 aromatic carbocycles. The van der Waals surface area contributed by atoms with Gasteiger partial charge in [0.1, 0.15) is 0 Å². The maximum absolute atomic E-state index is 10.6. The van der Waals surface area contributed by atoms with E-state index in [1.807, 2.05) is 0 Å². The van der Waals surface area contributed by atoms with Crippen molar-refractivity contribution in [2.45, 2.75) is 19.3 Å². The van der Waals surface area contributed by atoms with Crippen LogP contribution in [-0.4, -0.2) is 11.5 Å². The molecule has 1 N–H and O–H groups in total. The molecule has 0 radical (unpaired) electrons. The number of benzene rings is 1. The summed E-state index contributed by atoms with van der Waals surface area (Å²) < 4.78 is 0. The summed E-state index contributed by atoms with van der Waals surface area (Å²) in [4.78, 5) is 10.2. The first-order chi connectivity index (χ1) is 6.77. The monoisotopic (exact) mass is 228 g/mol. The van der Waals surface area contributed by atoms with E-state index in [2.05, 4.69) is 5.32 Å². The van der Waals surface area contributed by atoms with Crippen molar-refractivity contribution in [1.29, 1.82) is 0 Å². The van der Waals surface area contributed by atoms with Crippen LogP contribution in [0.3, 0.4) is 0 Å². The zero-order valence-corrected chi connectivity index (χ0v) is 9.05. The van der Waals surface area contributed by atoms with E-state index in [1.54, 1.807) is 18.2 Å². The van der Waals surface area contributed by atoms with Crippen molar-refractivity contribution in [3.63, 3.8) is 0 Å². The van der Waals surface area contributed by atoms with E-state index < -0.39 is 0 Å². The maximum Gasteiger partial charge on any atom is 0.269 e. The number of fused-ring (bicyclic) bond motifs is 1. The van der Waals surface area contributed by atoms with Gasteiger partial charge in [-0.05, 0) is 30.9 Å². The Morgan fingerprint density at radius 1 is 1.33 bits per heavy atom. The average molecular weight is 229 g/mol. The smallest absolute Gasteiger partial charge is 0.269 e. The lowest BCUT2D eigenvalue weighted by Crippen LogP contribution is -1.99. The Labute approximate surface area is 94.2 Å². The molecule has 0 amide bonds. The molecule has 82 valence electrons. The van der Waals surface area contributed by atoms with Gasteiger partial charge in [0.05, 0.1) is 4.92 Å². The number of anilines is 1. The number of hydrogen-bond donors (Lipinski definition) is 1.